The van der Waals surface area contributed by atoms with Gasteiger partial charge in [-0.05, 0) is 86.7 Å². The van der Waals surface area contributed by atoms with Crippen LogP contribution in [0, 0.1) is 5.92 Å². The number of carbonyl (C=O) groups excluding carboxylic acids is 3. The monoisotopic (exact) mass is 866 g/mol. The lowest BCUT2D eigenvalue weighted by molar-refractivity contribution is -0.149. The van der Waals surface area contributed by atoms with E-state index in [1.165, 1.54) is 11.1 Å². The number of allylic oxidation sites excluding steroid dienone is 3. The minimum absolute atomic E-state index is 0.0310. The van der Waals surface area contributed by atoms with Crippen LogP contribution in [0.15, 0.2) is 127 Å². The molecule has 0 aliphatic carbocycles. The molecule has 7 rings (SSSR count). The number of ether oxygens (including phenoxy) is 2. The van der Waals surface area contributed by atoms with E-state index < -0.39 is 19.8 Å². The van der Waals surface area contributed by atoms with Gasteiger partial charge in [0, 0.05) is 53.9 Å². The first-order valence-electron chi connectivity index (χ1n) is 22.1. The van der Waals surface area contributed by atoms with Crippen molar-refractivity contribution < 1.29 is 29.0 Å². The van der Waals surface area contributed by atoms with E-state index in [0.717, 1.165) is 51.5 Å². The minimum Gasteiger partial charge on any atom is -0.497 e. The van der Waals surface area contributed by atoms with E-state index in [1.807, 2.05) is 96.0 Å². The Hall–Kier alpha value is -5.75. The van der Waals surface area contributed by atoms with Gasteiger partial charge in [0.05, 0.1) is 46.4 Å². The highest BCUT2D eigenvalue weighted by Crippen LogP contribution is 2.60. The van der Waals surface area contributed by atoms with Gasteiger partial charge in [0.1, 0.15) is 5.75 Å². The van der Waals surface area contributed by atoms with Crippen LogP contribution in [-0.2, 0) is 37.7 Å². The third-order valence-electron chi connectivity index (χ3n) is 13.2. The highest BCUT2D eigenvalue weighted by Gasteiger charge is 2.66. The zero-order valence-electron chi connectivity index (χ0n) is 37.7. The Morgan fingerprint density at radius 3 is 2.43 bits per heavy atom. The van der Waals surface area contributed by atoms with Crippen molar-refractivity contribution in [2.45, 2.75) is 90.3 Å². The molecule has 1 fully saturated rings. The number of aromatic amines is 1. The molecule has 3 N–H and O–H groups in total. The third-order valence-corrected chi connectivity index (χ3v) is 17.5. The van der Waals surface area contributed by atoms with E-state index in [4.69, 9.17) is 9.47 Å². The largest absolute Gasteiger partial charge is 0.497 e. The van der Waals surface area contributed by atoms with Gasteiger partial charge in [0.15, 0.2) is 5.60 Å². The van der Waals surface area contributed by atoms with Crippen molar-refractivity contribution in [1.82, 2.24) is 9.88 Å². The molecule has 3 heterocycles. The molecule has 330 valence electrons. The molecule has 1 aromatic heterocycles. The molecular weight excluding hydrogens is 805 g/mol. The van der Waals surface area contributed by atoms with Gasteiger partial charge >= 0.3 is 0 Å². The normalized spacial score (nSPS) is 19.7. The average molecular weight is 867 g/mol. The van der Waals surface area contributed by atoms with Crippen molar-refractivity contribution in [1.29, 1.82) is 0 Å². The van der Waals surface area contributed by atoms with Gasteiger partial charge in [-0.25, -0.2) is 0 Å². The molecule has 4 aromatic carbocycles. The fourth-order valence-electron chi connectivity index (χ4n) is 9.88. The summed E-state index contributed by atoms with van der Waals surface area (Å²) in [7, 11) is -0.940. The van der Waals surface area contributed by atoms with Crippen LogP contribution in [-0.4, -0.2) is 73.7 Å². The number of amides is 3. The predicted molar refractivity (Wildman–Crippen MR) is 255 cm³/mol. The molecule has 3 amide bonds. The average Bonchev–Trinajstić information content (AvgIpc) is 3.88. The molecule has 0 bridgehead atoms. The molecule has 0 unspecified atom stereocenters. The second kappa shape index (κ2) is 19.3. The topological polar surface area (TPSA) is 124 Å². The van der Waals surface area contributed by atoms with Gasteiger partial charge in [-0.15, -0.1) is 0 Å². The number of hydrogen-bond donors (Lipinski definition) is 3. The number of para-hydroxylation sites is 1. The lowest BCUT2D eigenvalue weighted by Gasteiger charge is -2.37. The van der Waals surface area contributed by atoms with E-state index in [-0.39, 0.29) is 55.2 Å². The number of hydrogen-bond acceptors (Lipinski definition) is 6. The second-order valence-electron chi connectivity index (χ2n) is 18.0. The van der Waals surface area contributed by atoms with Crippen molar-refractivity contribution in [3.05, 3.63) is 143 Å². The van der Waals surface area contributed by atoms with Gasteiger partial charge < -0.3 is 34.7 Å². The van der Waals surface area contributed by atoms with Crippen LogP contribution in [0.5, 0.6) is 5.75 Å². The summed E-state index contributed by atoms with van der Waals surface area (Å²) in [6, 6.07) is 31.5. The fourth-order valence-corrected chi connectivity index (χ4v) is 13.9. The van der Waals surface area contributed by atoms with E-state index in [1.54, 1.807) is 12.0 Å². The number of aliphatic hydroxyl groups is 1. The first-order valence-corrected chi connectivity index (χ1v) is 25.2. The summed E-state index contributed by atoms with van der Waals surface area (Å²) in [6.45, 7) is 13.7. The Morgan fingerprint density at radius 2 is 1.71 bits per heavy atom. The van der Waals surface area contributed by atoms with Gasteiger partial charge in [0.25, 0.3) is 5.91 Å². The summed E-state index contributed by atoms with van der Waals surface area (Å²) < 4.78 is 12.9. The SMILES string of the molecule is COc1ccc([Si](C)(C)[C@@H]2[C@@H](CC(=O)N(CCO)Cc3ccccc3)O[C@]3(C(=O)N(C/C=C(\C)CCC=C(C)C)c4ccc(NC(=O)Cc5c[nH]c6ccccc56)cc43)[C@H]2C)cc1. The first kappa shape index (κ1) is 45.3. The third kappa shape index (κ3) is 9.46. The fraction of sp³-hybridized carbons (Fsp3) is 0.365. The molecule has 10 nitrogen and oxygen atoms in total. The number of rotatable bonds is 17. The van der Waals surface area contributed by atoms with Crippen LogP contribution in [0.1, 0.15) is 63.6 Å². The molecule has 1 spiro atoms. The van der Waals surface area contributed by atoms with Crippen LogP contribution in [0.4, 0.5) is 11.4 Å². The Balaban J connectivity index is 1.29. The molecule has 1 saturated heterocycles. The molecule has 11 heteroatoms. The van der Waals surface area contributed by atoms with Crippen LogP contribution in [0.2, 0.25) is 18.6 Å². The van der Waals surface area contributed by atoms with Crippen molar-refractivity contribution in [2.75, 3.05) is 37.0 Å². The number of benzene rings is 4. The number of carbonyl (C=O) groups is 3. The van der Waals surface area contributed by atoms with Gasteiger partial charge in [-0.2, -0.15) is 0 Å². The smallest absolute Gasteiger partial charge is 0.264 e. The van der Waals surface area contributed by atoms with Crippen LogP contribution >= 0.6 is 0 Å². The molecule has 2 aliphatic rings. The number of nitrogens with one attached hydrogen (secondary N) is 2. The molecule has 0 saturated carbocycles. The predicted octanol–water partition coefficient (Wildman–Crippen LogP) is 9.02. The van der Waals surface area contributed by atoms with Gasteiger partial charge in [-0.1, -0.05) is 109 Å². The van der Waals surface area contributed by atoms with E-state index in [2.05, 4.69) is 75.4 Å². The van der Waals surface area contributed by atoms with Crippen LogP contribution in [0.25, 0.3) is 10.9 Å². The van der Waals surface area contributed by atoms with Crippen LogP contribution in [0.3, 0.4) is 0 Å². The Labute approximate surface area is 373 Å². The Bertz CT molecular complexity index is 2490. The highest BCUT2D eigenvalue weighted by atomic mass is 28.3. The maximum atomic E-state index is 15.5. The summed E-state index contributed by atoms with van der Waals surface area (Å²) in [5, 5.41) is 15.4. The lowest BCUT2D eigenvalue weighted by Crippen LogP contribution is -2.52. The summed E-state index contributed by atoms with van der Waals surface area (Å²) in [5.74, 6) is -0.112. The zero-order chi connectivity index (χ0) is 44.9. The van der Waals surface area contributed by atoms with Gasteiger partial charge in [-0.3, -0.25) is 14.4 Å². The molecule has 5 aromatic rings. The number of nitrogens with zero attached hydrogens (tertiary/aromatic N) is 2. The van der Waals surface area contributed by atoms with Crippen LogP contribution < -0.4 is 20.1 Å². The van der Waals surface area contributed by atoms with E-state index in [0.29, 0.717) is 24.3 Å². The number of fused-ring (bicyclic) bond motifs is 3. The lowest BCUT2D eigenvalue weighted by atomic mass is 9.82. The maximum absolute atomic E-state index is 15.5. The Kier molecular flexibility index (Phi) is 13.9. The van der Waals surface area contributed by atoms with Crippen molar-refractivity contribution in [2.24, 2.45) is 5.92 Å². The first-order chi connectivity index (χ1) is 30.3. The molecule has 2 aliphatic heterocycles. The minimum atomic E-state index is -2.59. The standard InChI is InChI=1S/C52H62N4O6Si/c1-35(2)14-13-15-36(3)26-27-56-46-25-20-40(54-48(58)30-39-33-53-45-19-12-11-18-43(39)45)31-44(46)52(51(56)60)37(4)50(63(6,7)42-23-21-41(61-5)22-24-42)47(62-52)32-49(59)55(28-29-57)34-38-16-9-8-10-17-38/h8-12,14,16-26,31,33,37,47,50,53,57H,13,15,27-30,32,34H2,1-7H3,(H,54,58)/b36-26+/t37-,47+,50-,52+/m0/s1. The van der Waals surface area contributed by atoms with Gasteiger partial charge in [0.2, 0.25) is 11.8 Å². The van der Waals surface area contributed by atoms with Crippen molar-refractivity contribution in [3.8, 4) is 5.75 Å². The van der Waals surface area contributed by atoms with E-state index in [9.17, 15) is 14.7 Å². The second-order valence-corrected chi connectivity index (χ2v) is 22.7. The molecular formula is C52H62N4O6Si. The number of H-pyrrole nitrogens is 1. The summed E-state index contributed by atoms with van der Waals surface area (Å²) in [5.41, 5.74) is 5.63. The number of aromatic nitrogens is 1. The number of aliphatic hydroxyl groups excluding tert-OH is 1. The number of anilines is 2. The summed E-state index contributed by atoms with van der Waals surface area (Å²) in [4.78, 5) is 50.6. The summed E-state index contributed by atoms with van der Waals surface area (Å²) in [6.07, 6.45) is 7.59. The quantitative estimate of drug-likeness (QED) is 0.0634. The van der Waals surface area contributed by atoms with E-state index >= 15 is 4.79 Å². The molecule has 0 radical (unpaired) electrons. The number of methoxy groups -OCH3 is 1. The van der Waals surface area contributed by atoms with Crippen molar-refractivity contribution in [3.63, 3.8) is 0 Å². The molecule has 4 atom stereocenters. The summed E-state index contributed by atoms with van der Waals surface area (Å²) >= 11 is 0. The van der Waals surface area contributed by atoms with Crippen molar-refractivity contribution >= 4 is 53.3 Å². The molecule has 63 heavy (non-hydrogen) atoms. The highest BCUT2D eigenvalue weighted by molar-refractivity contribution is 6.91. The zero-order valence-corrected chi connectivity index (χ0v) is 38.7. The Morgan fingerprint density at radius 1 is 0.984 bits per heavy atom. The maximum Gasteiger partial charge on any atom is 0.264 e.